The summed E-state index contributed by atoms with van der Waals surface area (Å²) >= 11 is 0. The fourth-order valence-corrected chi connectivity index (χ4v) is 2.95. The Balaban J connectivity index is 2.05. The van der Waals surface area contributed by atoms with Crippen LogP contribution in [0.3, 0.4) is 0 Å². The average molecular weight is 220 g/mol. The van der Waals surface area contributed by atoms with Gasteiger partial charge in [-0.25, -0.2) is 0 Å². The Morgan fingerprint density at radius 1 is 1.56 bits per heavy atom. The van der Waals surface area contributed by atoms with Gasteiger partial charge in [-0.05, 0) is 45.1 Å². The number of rotatable bonds is 3. The van der Waals surface area contributed by atoms with Crippen LogP contribution in [-0.2, 0) is 0 Å². The lowest BCUT2D eigenvalue weighted by molar-refractivity contribution is 0.174. The van der Waals surface area contributed by atoms with E-state index in [1.807, 2.05) is 0 Å². The summed E-state index contributed by atoms with van der Waals surface area (Å²) in [6, 6.07) is 0.331. The van der Waals surface area contributed by atoms with Crippen LogP contribution in [0.15, 0.2) is 0 Å². The maximum Gasteiger partial charge on any atom is 0.0709 e. The van der Waals surface area contributed by atoms with Crippen molar-refractivity contribution in [1.82, 2.24) is 10.2 Å². The summed E-state index contributed by atoms with van der Waals surface area (Å²) in [5, 5.41) is 3.74. The van der Waals surface area contributed by atoms with Crippen LogP contribution in [0.1, 0.15) is 39.5 Å². The first-order valence-electron chi connectivity index (χ1n) is 6.65. The minimum Gasteiger partial charge on any atom is -0.310 e. The highest BCUT2D eigenvalue weighted by molar-refractivity contribution is 5.06. The third-order valence-corrected chi connectivity index (χ3v) is 4.18. The fraction of sp³-hybridized carbons (Fsp3) is 0.857. The van der Waals surface area contributed by atoms with Crippen molar-refractivity contribution in [3.05, 3.63) is 0 Å². The van der Waals surface area contributed by atoms with E-state index in [9.17, 15) is 0 Å². The molecule has 2 nitrogen and oxygen atoms in total. The molecule has 2 aliphatic rings. The molecule has 0 radical (unpaired) electrons. The van der Waals surface area contributed by atoms with Gasteiger partial charge in [0.2, 0.25) is 0 Å². The van der Waals surface area contributed by atoms with Crippen molar-refractivity contribution in [1.29, 1.82) is 0 Å². The zero-order chi connectivity index (χ0) is 11.6. The molecule has 90 valence electrons. The Bertz CT molecular complexity index is 277. The Morgan fingerprint density at radius 3 is 2.88 bits per heavy atom. The molecule has 2 atom stereocenters. The molecule has 2 fully saturated rings. The van der Waals surface area contributed by atoms with Gasteiger partial charge in [-0.1, -0.05) is 12.8 Å². The third kappa shape index (κ3) is 2.42. The first kappa shape index (κ1) is 12.0. The Hall–Kier alpha value is -0.520. The van der Waals surface area contributed by atoms with Crippen molar-refractivity contribution in [3.8, 4) is 12.3 Å². The molecule has 0 aromatic carbocycles. The second-order valence-corrected chi connectivity index (χ2v) is 5.53. The first-order valence-corrected chi connectivity index (χ1v) is 6.65. The second kappa shape index (κ2) is 4.77. The second-order valence-electron chi connectivity index (χ2n) is 5.53. The van der Waals surface area contributed by atoms with Gasteiger partial charge in [-0.15, -0.1) is 6.42 Å². The van der Waals surface area contributed by atoms with Crippen molar-refractivity contribution in [3.63, 3.8) is 0 Å². The molecule has 0 bridgehead atoms. The van der Waals surface area contributed by atoms with Gasteiger partial charge in [0.25, 0.3) is 0 Å². The molecule has 2 unspecified atom stereocenters. The molecular weight excluding hydrogens is 196 g/mol. The molecule has 16 heavy (non-hydrogen) atoms. The molecule has 2 rings (SSSR count). The number of nitrogens with zero attached hydrogens (tertiary/aromatic N) is 1. The van der Waals surface area contributed by atoms with E-state index in [1.165, 1.54) is 19.3 Å². The van der Waals surface area contributed by atoms with Crippen LogP contribution in [0.4, 0.5) is 0 Å². The fourth-order valence-electron chi connectivity index (χ4n) is 2.95. The highest BCUT2D eigenvalue weighted by Crippen LogP contribution is 2.40. The Labute approximate surface area is 99.8 Å². The molecule has 0 aromatic heterocycles. The van der Waals surface area contributed by atoms with Crippen LogP contribution in [0.25, 0.3) is 0 Å². The summed E-state index contributed by atoms with van der Waals surface area (Å²) in [5.74, 6) is 3.82. The van der Waals surface area contributed by atoms with Gasteiger partial charge in [-0.2, -0.15) is 0 Å². The molecular formula is C14H24N2. The summed E-state index contributed by atoms with van der Waals surface area (Å²) in [5.41, 5.74) is 0.306. The topological polar surface area (TPSA) is 15.3 Å². The van der Waals surface area contributed by atoms with Crippen LogP contribution in [0.5, 0.6) is 0 Å². The summed E-state index contributed by atoms with van der Waals surface area (Å²) < 4.78 is 0. The van der Waals surface area contributed by atoms with E-state index < -0.39 is 0 Å². The summed E-state index contributed by atoms with van der Waals surface area (Å²) in [4.78, 5) is 2.51. The molecule has 1 aliphatic carbocycles. The molecule has 1 heterocycles. The third-order valence-electron chi connectivity index (χ3n) is 4.18. The van der Waals surface area contributed by atoms with E-state index >= 15 is 0 Å². The van der Waals surface area contributed by atoms with Gasteiger partial charge in [0, 0.05) is 18.6 Å². The summed E-state index contributed by atoms with van der Waals surface area (Å²) in [7, 11) is 0. The van der Waals surface area contributed by atoms with Crippen LogP contribution < -0.4 is 5.32 Å². The van der Waals surface area contributed by atoms with Crippen LogP contribution in [0.2, 0.25) is 0 Å². The highest BCUT2D eigenvalue weighted by Gasteiger charge is 2.43. The van der Waals surface area contributed by atoms with E-state index in [0.717, 1.165) is 32.0 Å². The molecule has 0 amide bonds. The number of terminal acetylenes is 1. The van der Waals surface area contributed by atoms with E-state index in [4.69, 9.17) is 6.42 Å². The zero-order valence-corrected chi connectivity index (χ0v) is 10.6. The van der Waals surface area contributed by atoms with Gasteiger partial charge in [0.05, 0.1) is 6.04 Å². The SMILES string of the molecule is C#CC(CC)N1CCCNC(C)(C2CC2)C1. The average Bonchev–Trinajstić information content (AvgIpc) is 3.07. The molecule has 0 aromatic rings. The zero-order valence-electron chi connectivity index (χ0n) is 10.6. The van der Waals surface area contributed by atoms with Crippen LogP contribution in [0, 0.1) is 18.3 Å². The highest BCUT2D eigenvalue weighted by atomic mass is 15.2. The minimum absolute atomic E-state index is 0.306. The number of nitrogens with one attached hydrogen (secondary N) is 1. The normalized spacial score (nSPS) is 34.1. The minimum atomic E-state index is 0.306. The first-order chi connectivity index (χ1) is 7.69. The molecule has 2 heteroatoms. The maximum absolute atomic E-state index is 5.63. The summed E-state index contributed by atoms with van der Waals surface area (Å²) in [6.45, 7) is 7.99. The van der Waals surface area contributed by atoms with Gasteiger partial charge in [-0.3, -0.25) is 4.90 Å². The largest absolute Gasteiger partial charge is 0.310 e. The van der Waals surface area contributed by atoms with Crippen molar-refractivity contribution < 1.29 is 0 Å². The summed E-state index contributed by atoms with van der Waals surface area (Å²) in [6.07, 6.45) is 10.7. The molecule has 1 saturated heterocycles. The van der Waals surface area contributed by atoms with Crippen LogP contribution in [-0.4, -0.2) is 36.1 Å². The monoisotopic (exact) mass is 220 g/mol. The van der Waals surface area contributed by atoms with E-state index in [-0.39, 0.29) is 0 Å². The van der Waals surface area contributed by atoms with Gasteiger partial charge in [0.1, 0.15) is 0 Å². The molecule has 1 saturated carbocycles. The molecule has 0 spiro atoms. The molecule has 1 N–H and O–H groups in total. The smallest absolute Gasteiger partial charge is 0.0709 e. The van der Waals surface area contributed by atoms with Crippen molar-refractivity contribution in [2.75, 3.05) is 19.6 Å². The lowest BCUT2D eigenvalue weighted by atomic mass is 9.94. The van der Waals surface area contributed by atoms with Gasteiger partial charge in [0.15, 0.2) is 0 Å². The quantitative estimate of drug-likeness (QED) is 0.730. The van der Waals surface area contributed by atoms with Gasteiger partial charge < -0.3 is 5.32 Å². The predicted molar refractivity (Wildman–Crippen MR) is 68.2 cm³/mol. The lowest BCUT2D eigenvalue weighted by Gasteiger charge is -2.36. The van der Waals surface area contributed by atoms with Crippen molar-refractivity contribution in [2.24, 2.45) is 5.92 Å². The Kier molecular flexibility index (Phi) is 3.56. The van der Waals surface area contributed by atoms with E-state index in [2.05, 4.69) is 30.0 Å². The lowest BCUT2D eigenvalue weighted by Crippen LogP contribution is -2.52. The van der Waals surface area contributed by atoms with Crippen molar-refractivity contribution >= 4 is 0 Å². The van der Waals surface area contributed by atoms with Crippen molar-refractivity contribution in [2.45, 2.75) is 51.1 Å². The number of hydrogen-bond acceptors (Lipinski definition) is 2. The van der Waals surface area contributed by atoms with Gasteiger partial charge >= 0.3 is 0 Å². The van der Waals surface area contributed by atoms with E-state index in [0.29, 0.717) is 11.6 Å². The number of hydrogen-bond donors (Lipinski definition) is 1. The molecule has 1 aliphatic heterocycles. The predicted octanol–water partition coefficient (Wildman–Crippen LogP) is 1.86. The standard InChI is InChI=1S/C14H24N2/c1-4-13(5-2)16-10-6-9-15-14(3,11-16)12-7-8-12/h1,12-13,15H,5-11H2,2-3H3. The van der Waals surface area contributed by atoms with E-state index in [1.54, 1.807) is 0 Å². The maximum atomic E-state index is 5.63. The Morgan fingerprint density at radius 2 is 2.31 bits per heavy atom. The van der Waals surface area contributed by atoms with Crippen LogP contribution >= 0.6 is 0 Å².